The molecule has 1 aliphatic rings. The van der Waals surface area contributed by atoms with Gasteiger partial charge in [0, 0.05) is 24.2 Å². The Balaban J connectivity index is 1.62. The summed E-state index contributed by atoms with van der Waals surface area (Å²) in [6.07, 6.45) is 0. The minimum atomic E-state index is -0.418. The van der Waals surface area contributed by atoms with Crippen LogP contribution in [0.5, 0.6) is 0 Å². The van der Waals surface area contributed by atoms with Crippen molar-refractivity contribution in [1.29, 1.82) is 0 Å². The molecule has 1 saturated heterocycles. The zero-order chi connectivity index (χ0) is 18.5. The molecule has 2 amide bonds. The zero-order valence-corrected chi connectivity index (χ0v) is 15.3. The first-order valence-corrected chi connectivity index (χ1v) is 8.90. The number of hydrogen-bond acceptors (Lipinski definition) is 4. The van der Waals surface area contributed by atoms with Crippen LogP contribution in [0.15, 0.2) is 42.5 Å². The third kappa shape index (κ3) is 4.20. The van der Waals surface area contributed by atoms with E-state index in [0.29, 0.717) is 26.3 Å². The van der Waals surface area contributed by atoms with Crippen molar-refractivity contribution < 1.29 is 14.3 Å². The lowest BCUT2D eigenvalue weighted by molar-refractivity contribution is -0.137. The number of ether oxygens (including phenoxy) is 1. The topological polar surface area (TPSA) is 61.9 Å². The number of carbonyl (C=O) groups is 2. The van der Waals surface area contributed by atoms with E-state index in [1.165, 1.54) is 0 Å². The molecule has 1 fully saturated rings. The molecule has 1 atom stereocenters. The predicted molar refractivity (Wildman–Crippen MR) is 102 cm³/mol. The second-order valence-corrected chi connectivity index (χ2v) is 6.60. The molecule has 0 spiro atoms. The first kappa shape index (κ1) is 18.4. The number of likely N-dealkylation sites (N-methyl/N-ethyl adjacent to an activating group) is 1. The second-order valence-electron chi connectivity index (χ2n) is 6.60. The highest BCUT2D eigenvalue weighted by Gasteiger charge is 2.24. The minimum absolute atomic E-state index is 0.0283. The van der Waals surface area contributed by atoms with E-state index in [4.69, 9.17) is 4.74 Å². The Morgan fingerprint density at radius 1 is 1.15 bits per heavy atom. The Hall–Kier alpha value is -2.44. The Kier molecular flexibility index (Phi) is 5.85. The van der Waals surface area contributed by atoms with Gasteiger partial charge in [0.15, 0.2) is 0 Å². The van der Waals surface area contributed by atoms with Gasteiger partial charge in [-0.05, 0) is 25.4 Å². The molecule has 2 aromatic carbocycles. The molecule has 0 aromatic heterocycles. The van der Waals surface area contributed by atoms with E-state index in [-0.39, 0.29) is 18.4 Å². The van der Waals surface area contributed by atoms with Gasteiger partial charge in [0.05, 0.1) is 25.8 Å². The molecule has 26 heavy (non-hydrogen) atoms. The van der Waals surface area contributed by atoms with Gasteiger partial charge in [0.1, 0.15) is 0 Å². The molecule has 0 bridgehead atoms. The fourth-order valence-corrected chi connectivity index (χ4v) is 3.03. The van der Waals surface area contributed by atoms with E-state index < -0.39 is 6.04 Å². The summed E-state index contributed by atoms with van der Waals surface area (Å²) >= 11 is 0. The van der Waals surface area contributed by atoms with E-state index in [1.807, 2.05) is 49.4 Å². The monoisotopic (exact) mass is 355 g/mol. The van der Waals surface area contributed by atoms with Crippen LogP contribution in [0.4, 0.5) is 5.69 Å². The van der Waals surface area contributed by atoms with Gasteiger partial charge < -0.3 is 15.0 Å². The van der Waals surface area contributed by atoms with Crippen molar-refractivity contribution in [3.8, 4) is 0 Å². The van der Waals surface area contributed by atoms with Crippen molar-refractivity contribution in [3.05, 3.63) is 42.5 Å². The molecule has 1 N–H and O–H groups in total. The van der Waals surface area contributed by atoms with E-state index in [1.54, 1.807) is 16.8 Å². The van der Waals surface area contributed by atoms with Gasteiger partial charge in [-0.3, -0.25) is 14.5 Å². The fourth-order valence-electron chi connectivity index (χ4n) is 3.03. The van der Waals surface area contributed by atoms with Crippen LogP contribution in [0.1, 0.15) is 6.92 Å². The number of morpholine rings is 1. The molecule has 138 valence electrons. The highest BCUT2D eigenvalue weighted by molar-refractivity contribution is 6.03. The summed E-state index contributed by atoms with van der Waals surface area (Å²) in [6, 6.07) is 13.3. The number of amides is 2. The van der Waals surface area contributed by atoms with Gasteiger partial charge in [0.2, 0.25) is 11.8 Å². The summed E-state index contributed by atoms with van der Waals surface area (Å²) in [5, 5.41) is 5.07. The average molecular weight is 355 g/mol. The maximum atomic E-state index is 12.7. The third-order valence-electron chi connectivity index (χ3n) is 4.84. The Morgan fingerprint density at radius 3 is 2.62 bits per heavy atom. The van der Waals surface area contributed by atoms with Crippen LogP contribution in [-0.2, 0) is 14.3 Å². The van der Waals surface area contributed by atoms with Crippen LogP contribution >= 0.6 is 0 Å². The van der Waals surface area contributed by atoms with Crippen LogP contribution in [0.25, 0.3) is 10.8 Å². The number of nitrogens with zero attached hydrogens (tertiary/aromatic N) is 2. The molecule has 3 rings (SSSR count). The Morgan fingerprint density at radius 2 is 1.85 bits per heavy atom. The molecular formula is C20H25N3O3. The Labute approximate surface area is 153 Å². The summed E-state index contributed by atoms with van der Waals surface area (Å²) < 4.78 is 5.27. The molecule has 2 aromatic rings. The van der Waals surface area contributed by atoms with E-state index >= 15 is 0 Å². The van der Waals surface area contributed by atoms with Crippen molar-refractivity contribution in [2.24, 2.45) is 0 Å². The molecule has 6 nitrogen and oxygen atoms in total. The SMILES string of the molecule is C[C@@H](C(=O)Nc1cccc2ccccc12)N(C)CC(=O)N1CCOCC1. The summed E-state index contributed by atoms with van der Waals surface area (Å²) in [4.78, 5) is 28.6. The van der Waals surface area contributed by atoms with Crippen LogP contribution in [0.3, 0.4) is 0 Å². The molecule has 0 radical (unpaired) electrons. The highest BCUT2D eigenvalue weighted by Crippen LogP contribution is 2.23. The molecular weight excluding hydrogens is 330 g/mol. The Bertz CT molecular complexity index is 781. The first-order chi connectivity index (χ1) is 12.6. The molecule has 1 aliphatic heterocycles. The van der Waals surface area contributed by atoms with Crippen LogP contribution in [0, 0.1) is 0 Å². The van der Waals surface area contributed by atoms with E-state index in [2.05, 4.69) is 5.32 Å². The quantitative estimate of drug-likeness (QED) is 0.891. The number of benzene rings is 2. The summed E-state index contributed by atoms with van der Waals surface area (Å²) in [6.45, 7) is 4.41. The molecule has 0 aliphatic carbocycles. The smallest absolute Gasteiger partial charge is 0.241 e. The second kappa shape index (κ2) is 8.29. The number of anilines is 1. The lowest BCUT2D eigenvalue weighted by atomic mass is 10.1. The lowest BCUT2D eigenvalue weighted by Crippen LogP contribution is -2.48. The molecule has 0 saturated carbocycles. The number of rotatable bonds is 5. The maximum Gasteiger partial charge on any atom is 0.241 e. The van der Waals surface area contributed by atoms with Crippen molar-refractivity contribution in [2.75, 3.05) is 45.2 Å². The van der Waals surface area contributed by atoms with Gasteiger partial charge in [-0.2, -0.15) is 0 Å². The fraction of sp³-hybridized carbons (Fsp3) is 0.400. The lowest BCUT2D eigenvalue weighted by Gasteiger charge is -2.30. The van der Waals surface area contributed by atoms with Crippen molar-refractivity contribution >= 4 is 28.3 Å². The normalized spacial score (nSPS) is 15.9. The number of hydrogen-bond donors (Lipinski definition) is 1. The average Bonchev–Trinajstić information content (AvgIpc) is 2.68. The predicted octanol–water partition coefficient (Wildman–Crippen LogP) is 1.96. The minimum Gasteiger partial charge on any atom is -0.378 e. The van der Waals surface area contributed by atoms with Crippen LogP contribution < -0.4 is 5.32 Å². The molecule has 0 unspecified atom stereocenters. The molecule has 1 heterocycles. The van der Waals surface area contributed by atoms with Crippen molar-refractivity contribution in [3.63, 3.8) is 0 Å². The summed E-state index contributed by atoms with van der Waals surface area (Å²) in [7, 11) is 1.80. The van der Waals surface area contributed by atoms with Gasteiger partial charge in [-0.1, -0.05) is 36.4 Å². The van der Waals surface area contributed by atoms with Gasteiger partial charge in [-0.15, -0.1) is 0 Å². The van der Waals surface area contributed by atoms with Gasteiger partial charge in [0.25, 0.3) is 0 Å². The first-order valence-electron chi connectivity index (χ1n) is 8.90. The van der Waals surface area contributed by atoms with E-state index in [9.17, 15) is 9.59 Å². The van der Waals surface area contributed by atoms with Crippen molar-refractivity contribution in [2.45, 2.75) is 13.0 Å². The molecule has 6 heteroatoms. The zero-order valence-electron chi connectivity index (χ0n) is 15.3. The van der Waals surface area contributed by atoms with E-state index in [0.717, 1.165) is 16.5 Å². The standard InChI is InChI=1S/C20H25N3O3/c1-15(22(2)14-19(24)23-10-12-26-13-11-23)20(25)21-18-9-5-7-16-6-3-4-8-17(16)18/h3-9,15H,10-14H2,1-2H3,(H,21,25)/t15-/m0/s1. The largest absolute Gasteiger partial charge is 0.378 e. The van der Waals surface area contributed by atoms with Gasteiger partial charge in [-0.25, -0.2) is 0 Å². The number of fused-ring (bicyclic) bond motifs is 1. The maximum absolute atomic E-state index is 12.7. The number of nitrogens with one attached hydrogen (secondary N) is 1. The van der Waals surface area contributed by atoms with Crippen LogP contribution in [0.2, 0.25) is 0 Å². The highest BCUT2D eigenvalue weighted by atomic mass is 16.5. The summed E-state index contributed by atoms with van der Waals surface area (Å²) in [5.41, 5.74) is 0.785. The van der Waals surface area contributed by atoms with Crippen LogP contribution in [-0.4, -0.2) is 67.6 Å². The third-order valence-corrected chi connectivity index (χ3v) is 4.84. The van der Waals surface area contributed by atoms with Crippen molar-refractivity contribution in [1.82, 2.24) is 9.80 Å². The van der Waals surface area contributed by atoms with Gasteiger partial charge >= 0.3 is 0 Å². The summed E-state index contributed by atoms with van der Waals surface area (Å²) in [5.74, 6) is -0.0979. The number of carbonyl (C=O) groups excluding carboxylic acids is 2.